The van der Waals surface area contributed by atoms with Crippen LogP contribution in [0.2, 0.25) is 0 Å². The molecule has 3 N–H and O–H groups in total. The fourth-order valence-corrected chi connectivity index (χ4v) is 3.44. The molecule has 0 aliphatic carbocycles. The van der Waals surface area contributed by atoms with E-state index in [1.54, 1.807) is 0 Å². The van der Waals surface area contributed by atoms with Crippen molar-refractivity contribution in [1.82, 2.24) is 5.16 Å². The zero-order valence-electron chi connectivity index (χ0n) is 15.2. The molecule has 0 aliphatic rings. The van der Waals surface area contributed by atoms with Gasteiger partial charge in [0, 0.05) is 5.56 Å². The van der Waals surface area contributed by atoms with Gasteiger partial charge in [0.1, 0.15) is 28.8 Å². The van der Waals surface area contributed by atoms with E-state index in [0.29, 0.717) is 5.56 Å². The van der Waals surface area contributed by atoms with Crippen molar-refractivity contribution in [2.75, 3.05) is 0 Å². The van der Waals surface area contributed by atoms with Crippen molar-refractivity contribution in [1.29, 1.82) is 0 Å². The first-order valence-electron chi connectivity index (χ1n) is 8.19. The highest BCUT2D eigenvalue weighted by atomic mass is 32.2. The molecule has 1 heterocycles. The van der Waals surface area contributed by atoms with E-state index in [1.165, 1.54) is 25.1 Å². The number of aliphatic hydroxyl groups excluding tert-OH is 1. The Kier molecular flexibility index (Phi) is 5.58. The summed E-state index contributed by atoms with van der Waals surface area (Å²) in [5.41, 5.74) is 0.801. The number of nitrogens with zero attached hydrogens (tertiary/aromatic N) is 1. The van der Waals surface area contributed by atoms with Crippen LogP contribution in [0.4, 0.5) is 17.6 Å². The van der Waals surface area contributed by atoms with Crippen molar-refractivity contribution in [3.8, 4) is 28.1 Å². The van der Waals surface area contributed by atoms with E-state index < -0.39 is 39.5 Å². The van der Waals surface area contributed by atoms with Crippen LogP contribution < -0.4 is 9.88 Å². The maximum Gasteiger partial charge on any atom is 0.573 e. The lowest BCUT2D eigenvalue weighted by Crippen LogP contribution is -2.17. The number of alkyl halides is 3. The molecule has 30 heavy (non-hydrogen) atoms. The van der Waals surface area contributed by atoms with Gasteiger partial charge in [-0.2, -0.15) is 0 Å². The fourth-order valence-electron chi connectivity index (χ4n) is 2.85. The van der Waals surface area contributed by atoms with E-state index in [-0.39, 0.29) is 28.1 Å². The summed E-state index contributed by atoms with van der Waals surface area (Å²) >= 11 is 0. The van der Waals surface area contributed by atoms with E-state index in [1.807, 2.05) is 0 Å². The SMILES string of the molecule is Cc1cc(-c2noc(CO)c2-c2ccc(S(N)(=O)=O)c(F)c2)ccc1OC(F)(F)F. The van der Waals surface area contributed by atoms with Crippen LogP contribution in [0, 0.1) is 12.7 Å². The number of ether oxygens (including phenoxy) is 1. The summed E-state index contributed by atoms with van der Waals surface area (Å²) in [5, 5.41) is 18.3. The minimum absolute atomic E-state index is 0.0546. The molecule has 0 atom stereocenters. The van der Waals surface area contributed by atoms with Crippen LogP contribution in [-0.4, -0.2) is 25.0 Å². The maximum atomic E-state index is 14.3. The third-order valence-electron chi connectivity index (χ3n) is 4.11. The number of nitrogens with two attached hydrogens (primary N) is 1. The second-order valence-electron chi connectivity index (χ2n) is 6.21. The van der Waals surface area contributed by atoms with Crippen LogP contribution in [0.1, 0.15) is 11.3 Å². The molecule has 0 spiro atoms. The summed E-state index contributed by atoms with van der Waals surface area (Å²) in [5.74, 6) is -1.60. The Morgan fingerprint density at radius 2 is 1.83 bits per heavy atom. The summed E-state index contributed by atoms with van der Waals surface area (Å²) in [6.07, 6.45) is -4.86. The highest BCUT2D eigenvalue weighted by Gasteiger charge is 2.32. The van der Waals surface area contributed by atoms with E-state index in [9.17, 15) is 31.1 Å². The number of aliphatic hydroxyl groups is 1. The second-order valence-corrected chi connectivity index (χ2v) is 7.74. The number of hydrogen-bond donors (Lipinski definition) is 2. The number of sulfonamides is 1. The minimum Gasteiger partial charge on any atom is -0.406 e. The van der Waals surface area contributed by atoms with Crippen LogP contribution in [0.25, 0.3) is 22.4 Å². The Labute approximate surface area is 167 Å². The van der Waals surface area contributed by atoms with Crippen molar-refractivity contribution in [3.05, 3.63) is 53.5 Å². The molecular weight excluding hydrogens is 432 g/mol. The number of rotatable bonds is 5. The molecule has 2 aromatic carbocycles. The molecular formula is C18H14F4N2O5S. The zero-order chi connectivity index (χ0) is 22.3. The predicted octanol–water partition coefficient (Wildman–Crippen LogP) is 3.49. The Balaban J connectivity index is 2.11. The summed E-state index contributed by atoms with van der Waals surface area (Å²) in [6.45, 7) is 0.771. The van der Waals surface area contributed by atoms with Gasteiger partial charge in [-0.1, -0.05) is 11.2 Å². The Bertz CT molecular complexity index is 1210. The molecule has 12 heteroatoms. The lowest BCUT2D eigenvalue weighted by atomic mass is 9.98. The fraction of sp³-hybridized carbons (Fsp3) is 0.167. The highest BCUT2D eigenvalue weighted by Crippen LogP contribution is 2.37. The van der Waals surface area contributed by atoms with Gasteiger partial charge in [-0.15, -0.1) is 13.2 Å². The summed E-state index contributed by atoms with van der Waals surface area (Å²) in [6, 6.07) is 6.78. The maximum absolute atomic E-state index is 14.3. The molecule has 7 nitrogen and oxygen atoms in total. The lowest BCUT2D eigenvalue weighted by molar-refractivity contribution is -0.274. The van der Waals surface area contributed by atoms with Crippen molar-refractivity contribution < 1.29 is 40.3 Å². The largest absolute Gasteiger partial charge is 0.573 e. The molecule has 0 saturated carbocycles. The average molecular weight is 446 g/mol. The zero-order valence-corrected chi connectivity index (χ0v) is 16.0. The van der Waals surface area contributed by atoms with Crippen molar-refractivity contribution in [3.63, 3.8) is 0 Å². The molecule has 160 valence electrons. The monoisotopic (exact) mass is 446 g/mol. The van der Waals surface area contributed by atoms with Crippen LogP contribution in [0.3, 0.4) is 0 Å². The lowest BCUT2D eigenvalue weighted by Gasteiger charge is -2.12. The van der Waals surface area contributed by atoms with E-state index >= 15 is 0 Å². The van der Waals surface area contributed by atoms with Gasteiger partial charge in [-0.25, -0.2) is 17.9 Å². The van der Waals surface area contributed by atoms with Gasteiger partial charge in [0.25, 0.3) is 0 Å². The summed E-state index contributed by atoms with van der Waals surface area (Å²) in [4.78, 5) is -0.723. The molecule has 0 aliphatic heterocycles. The summed E-state index contributed by atoms with van der Waals surface area (Å²) in [7, 11) is -4.29. The molecule has 0 radical (unpaired) electrons. The van der Waals surface area contributed by atoms with Gasteiger partial charge < -0.3 is 14.4 Å². The predicted molar refractivity (Wildman–Crippen MR) is 96.0 cm³/mol. The standard InChI is InChI=1S/C18H14F4N2O5S/c1-9-6-11(2-4-13(9)28-18(20,21)22)17-16(14(8-25)29-24-17)10-3-5-15(12(19)7-10)30(23,26)27/h2-7,25H,8H2,1H3,(H2,23,26,27). The first-order chi connectivity index (χ1) is 13.9. The minimum atomic E-state index is -4.86. The van der Waals surface area contributed by atoms with Gasteiger partial charge in [0.05, 0.1) is 5.56 Å². The number of aryl methyl sites for hydroxylation is 1. The van der Waals surface area contributed by atoms with Gasteiger partial charge in [0.15, 0.2) is 5.76 Å². The van der Waals surface area contributed by atoms with Crippen LogP contribution >= 0.6 is 0 Å². The molecule has 3 aromatic rings. The molecule has 1 aromatic heterocycles. The van der Waals surface area contributed by atoms with Gasteiger partial charge in [-0.05, 0) is 48.4 Å². The van der Waals surface area contributed by atoms with Gasteiger partial charge in [-0.3, -0.25) is 0 Å². The molecule has 0 fully saturated rings. The van der Waals surface area contributed by atoms with Crippen molar-refractivity contribution in [2.24, 2.45) is 5.14 Å². The number of benzene rings is 2. The number of aromatic nitrogens is 1. The quantitative estimate of drug-likeness (QED) is 0.580. The third-order valence-corrected chi connectivity index (χ3v) is 5.05. The first-order valence-corrected chi connectivity index (χ1v) is 9.74. The average Bonchev–Trinajstić information content (AvgIpc) is 3.05. The molecule has 3 rings (SSSR count). The molecule has 0 saturated heterocycles. The Morgan fingerprint density at radius 3 is 2.37 bits per heavy atom. The Hall–Kier alpha value is -2.96. The van der Waals surface area contributed by atoms with E-state index in [4.69, 9.17) is 9.66 Å². The smallest absolute Gasteiger partial charge is 0.406 e. The number of hydrogen-bond acceptors (Lipinski definition) is 6. The highest BCUT2D eigenvalue weighted by molar-refractivity contribution is 7.89. The second kappa shape index (κ2) is 7.70. The molecule has 0 amide bonds. The third kappa shape index (κ3) is 4.45. The normalized spacial score (nSPS) is 12.2. The Morgan fingerprint density at radius 1 is 1.17 bits per heavy atom. The van der Waals surface area contributed by atoms with Crippen molar-refractivity contribution in [2.45, 2.75) is 24.8 Å². The molecule has 0 bridgehead atoms. The number of halogens is 4. The van der Waals surface area contributed by atoms with Crippen LogP contribution in [-0.2, 0) is 16.6 Å². The first kappa shape index (κ1) is 21.7. The van der Waals surface area contributed by atoms with Gasteiger partial charge >= 0.3 is 6.36 Å². The van der Waals surface area contributed by atoms with Crippen LogP contribution in [0.5, 0.6) is 5.75 Å². The van der Waals surface area contributed by atoms with Gasteiger partial charge in [0.2, 0.25) is 10.0 Å². The van der Waals surface area contributed by atoms with E-state index in [0.717, 1.165) is 18.2 Å². The molecule has 0 unspecified atom stereocenters. The number of primary sulfonamides is 1. The topological polar surface area (TPSA) is 116 Å². The van der Waals surface area contributed by atoms with Crippen molar-refractivity contribution >= 4 is 10.0 Å². The van der Waals surface area contributed by atoms with E-state index in [2.05, 4.69) is 9.89 Å². The summed E-state index contributed by atoms with van der Waals surface area (Å²) < 4.78 is 83.5. The van der Waals surface area contributed by atoms with Crippen LogP contribution in [0.15, 0.2) is 45.8 Å².